The number of pyridine rings is 1. The molecule has 0 spiro atoms. The fraction of sp³-hybridized carbons (Fsp3) is 0.571. The van der Waals surface area contributed by atoms with Crippen molar-refractivity contribution in [2.75, 3.05) is 6.61 Å². The van der Waals surface area contributed by atoms with Gasteiger partial charge in [-0.25, -0.2) is 4.39 Å². The number of aromatic nitrogens is 1. The highest BCUT2D eigenvalue weighted by Gasteiger charge is 2.39. The number of carbonyl (C=O) groups excluding carboxylic acids is 1. The highest BCUT2D eigenvalue weighted by molar-refractivity contribution is 5.74. The van der Waals surface area contributed by atoms with Crippen LogP contribution >= 0.6 is 0 Å². The van der Waals surface area contributed by atoms with Gasteiger partial charge in [0, 0.05) is 11.8 Å². The van der Waals surface area contributed by atoms with Crippen molar-refractivity contribution >= 4 is 5.97 Å². The normalized spacial score (nSPS) is 15.6. The van der Waals surface area contributed by atoms with Gasteiger partial charge in [0.2, 0.25) is 0 Å². The molecule has 0 amide bonds. The lowest BCUT2D eigenvalue weighted by Gasteiger charge is -2.31. The summed E-state index contributed by atoms with van der Waals surface area (Å²) < 4.78 is 18.2. The van der Waals surface area contributed by atoms with Crippen molar-refractivity contribution in [2.45, 2.75) is 39.2 Å². The molecule has 4 nitrogen and oxygen atoms in total. The fourth-order valence-electron chi connectivity index (χ4n) is 2.05. The Morgan fingerprint density at radius 1 is 1.53 bits per heavy atom. The lowest BCUT2D eigenvalue weighted by molar-refractivity contribution is -0.158. The van der Waals surface area contributed by atoms with Gasteiger partial charge in [-0.3, -0.25) is 9.78 Å². The third-order valence-electron chi connectivity index (χ3n) is 3.12. The minimum atomic E-state index is -1.50. The Balaban J connectivity index is 3.08. The predicted octanol–water partition coefficient (Wildman–Crippen LogP) is 2.41. The molecule has 0 radical (unpaired) electrons. The number of halogens is 1. The summed E-state index contributed by atoms with van der Waals surface area (Å²) >= 11 is 0. The van der Waals surface area contributed by atoms with Gasteiger partial charge in [0.25, 0.3) is 0 Å². The lowest BCUT2D eigenvalue weighted by atomic mass is 9.81. The maximum Gasteiger partial charge on any atom is 0.312 e. The summed E-state index contributed by atoms with van der Waals surface area (Å²) in [6, 6.07) is 1.19. The second kappa shape index (κ2) is 6.61. The van der Waals surface area contributed by atoms with Crippen molar-refractivity contribution in [3.05, 3.63) is 29.8 Å². The highest BCUT2D eigenvalue weighted by atomic mass is 19.1. The topological polar surface area (TPSA) is 59.4 Å². The summed E-state index contributed by atoms with van der Waals surface area (Å²) in [5, 5.41) is 10.6. The standard InChI is InChI=1S/C14H20FNO3/c1-4-6-12(13(17)19-5-2)14(3,18)10-7-11(15)9-16-8-10/h7-9,12,18H,4-6H2,1-3H3. The highest BCUT2D eigenvalue weighted by Crippen LogP contribution is 2.33. The number of ether oxygens (including phenoxy) is 1. The first-order valence-corrected chi connectivity index (χ1v) is 6.43. The zero-order chi connectivity index (χ0) is 14.5. The molecule has 5 heteroatoms. The van der Waals surface area contributed by atoms with Gasteiger partial charge in [0.1, 0.15) is 11.4 Å². The molecule has 1 aromatic heterocycles. The van der Waals surface area contributed by atoms with Gasteiger partial charge in [0.05, 0.1) is 18.7 Å². The van der Waals surface area contributed by atoms with Crippen LogP contribution < -0.4 is 0 Å². The minimum Gasteiger partial charge on any atom is -0.466 e. The maximum atomic E-state index is 13.2. The average molecular weight is 269 g/mol. The van der Waals surface area contributed by atoms with Gasteiger partial charge in [-0.1, -0.05) is 13.3 Å². The van der Waals surface area contributed by atoms with Crippen LogP contribution in [0.5, 0.6) is 0 Å². The number of rotatable bonds is 6. The van der Waals surface area contributed by atoms with E-state index in [1.807, 2.05) is 6.92 Å². The summed E-state index contributed by atoms with van der Waals surface area (Å²) in [4.78, 5) is 15.7. The molecule has 0 saturated heterocycles. The number of aliphatic hydroxyl groups is 1. The van der Waals surface area contributed by atoms with E-state index in [4.69, 9.17) is 4.74 Å². The van der Waals surface area contributed by atoms with E-state index in [0.717, 1.165) is 6.20 Å². The van der Waals surface area contributed by atoms with Crippen molar-refractivity contribution < 1.29 is 19.0 Å². The molecule has 0 aliphatic rings. The van der Waals surface area contributed by atoms with Crippen LogP contribution in [0.3, 0.4) is 0 Å². The molecule has 1 aromatic rings. The molecule has 2 atom stereocenters. The van der Waals surface area contributed by atoms with E-state index >= 15 is 0 Å². The van der Waals surface area contributed by atoms with Gasteiger partial charge in [-0.05, 0) is 26.3 Å². The van der Waals surface area contributed by atoms with E-state index in [2.05, 4.69) is 4.98 Å². The molecule has 2 unspecified atom stereocenters. The summed E-state index contributed by atoms with van der Waals surface area (Å²) in [5.41, 5.74) is -1.23. The Morgan fingerprint density at radius 3 is 2.74 bits per heavy atom. The Kier molecular flexibility index (Phi) is 5.42. The SMILES string of the molecule is CCCC(C(=O)OCC)C(C)(O)c1cncc(F)c1. The van der Waals surface area contributed by atoms with Crippen LogP contribution in [0.15, 0.2) is 18.5 Å². The molecule has 106 valence electrons. The zero-order valence-corrected chi connectivity index (χ0v) is 11.5. The van der Waals surface area contributed by atoms with E-state index in [1.54, 1.807) is 6.92 Å². The van der Waals surface area contributed by atoms with Crippen LogP contribution in [0.4, 0.5) is 4.39 Å². The first-order chi connectivity index (χ1) is 8.93. The first-order valence-electron chi connectivity index (χ1n) is 6.43. The number of esters is 1. The summed E-state index contributed by atoms with van der Waals surface area (Å²) in [6.45, 7) is 5.35. The number of carbonyl (C=O) groups is 1. The number of nitrogens with zero attached hydrogens (tertiary/aromatic N) is 1. The molecular weight excluding hydrogens is 249 g/mol. The van der Waals surface area contributed by atoms with Crippen LogP contribution in [0.25, 0.3) is 0 Å². The van der Waals surface area contributed by atoms with E-state index in [-0.39, 0.29) is 12.2 Å². The molecule has 1 N–H and O–H groups in total. The fourth-order valence-corrected chi connectivity index (χ4v) is 2.05. The first kappa shape index (κ1) is 15.6. The molecule has 1 rings (SSSR count). The molecular formula is C14H20FNO3. The molecule has 19 heavy (non-hydrogen) atoms. The number of hydrogen-bond donors (Lipinski definition) is 1. The second-order valence-electron chi connectivity index (χ2n) is 4.63. The number of hydrogen-bond acceptors (Lipinski definition) is 4. The predicted molar refractivity (Wildman–Crippen MR) is 68.8 cm³/mol. The Morgan fingerprint density at radius 2 is 2.21 bits per heavy atom. The van der Waals surface area contributed by atoms with Crippen molar-refractivity contribution in [3.8, 4) is 0 Å². The third kappa shape index (κ3) is 3.73. The van der Waals surface area contributed by atoms with Crippen molar-refractivity contribution in [3.63, 3.8) is 0 Å². The van der Waals surface area contributed by atoms with Gasteiger partial charge in [-0.15, -0.1) is 0 Å². The van der Waals surface area contributed by atoms with Crippen LogP contribution in [-0.4, -0.2) is 22.7 Å². The average Bonchev–Trinajstić information content (AvgIpc) is 2.36. The van der Waals surface area contributed by atoms with Crippen LogP contribution in [-0.2, 0) is 15.1 Å². The quantitative estimate of drug-likeness (QED) is 0.806. The maximum absolute atomic E-state index is 13.2. The Bertz CT molecular complexity index is 434. The summed E-state index contributed by atoms with van der Waals surface area (Å²) in [6.07, 6.45) is 3.59. The van der Waals surface area contributed by atoms with Crippen LogP contribution in [0.2, 0.25) is 0 Å². The lowest BCUT2D eigenvalue weighted by Crippen LogP contribution is -2.38. The molecule has 0 bridgehead atoms. The molecule has 0 aliphatic heterocycles. The molecule has 0 aromatic carbocycles. The smallest absolute Gasteiger partial charge is 0.312 e. The Hall–Kier alpha value is -1.49. The molecule has 0 fully saturated rings. The molecule has 0 aliphatic carbocycles. The summed E-state index contributed by atoms with van der Waals surface area (Å²) in [7, 11) is 0. The third-order valence-corrected chi connectivity index (χ3v) is 3.12. The van der Waals surface area contributed by atoms with E-state index in [9.17, 15) is 14.3 Å². The Labute approximate surface area is 112 Å². The van der Waals surface area contributed by atoms with Crippen molar-refractivity contribution in [1.82, 2.24) is 4.98 Å². The van der Waals surface area contributed by atoms with E-state index < -0.39 is 23.3 Å². The van der Waals surface area contributed by atoms with Gasteiger partial charge in [-0.2, -0.15) is 0 Å². The monoisotopic (exact) mass is 269 g/mol. The van der Waals surface area contributed by atoms with Gasteiger partial charge < -0.3 is 9.84 Å². The van der Waals surface area contributed by atoms with E-state index in [1.165, 1.54) is 19.2 Å². The van der Waals surface area contributed by atoms with Crippen LogP contribution in [0.1, 0.15) is 39.2 Å². The zero-order valence-electron chi connectivity index (χ0n) is 11.5. The van der Waals surface area contributed by atoms with Gasteiger partial charge in [0.15, 0.2) is 0 Å². The second-order valence-corrected chi connectivity index (χ2v) is 4.63. The molecule has 0 saturated carbocycles. The summed E-state index contributed by atoms with van der Waals surface area (Å²) in [5.74, 6) is -1.75. The van der Waals surface area contributed by atoms with E-state index in [0.29, 0.717) is 12.8 Å². The van der Waals surface area contributed by atoms with Crippen molar-refractivity contribution in [2.24, 2.45) is 5.92 Å². The van der Waals surface area contributed by atoms with Crippen molar-refractivity contribution in [1.29, 1.82) is 0 Å². The molecule has 1 heterocycles. The van der Waals surface area contributed by atoms with Gasteiger partial charge >= 0.3 is 5.97 Å². The minimum absolute atomic E-state index is 0.247. The van der Waals surface area contributed by atoms with Crippen LogP contribution in [0, 0.1) is 11.7 Å². The largest absolute Gasteiger partial charge is 0.466 e.